The zero-order valence-electron chi connectivity index (χ0n) is 12.4. The van der Waals surface area contributed by atoms with Gasteiger partial charge in [-0.15, -0.1) is 11.3 Å². The van der Waals surface area contributed by atoms with Crippen LogP contribution in [0, 0.1) is 6.92 Å². The highest BCUT2D eigenvalue weighted by Gasteiger charge is 2.21. The fourth-order valence-corrected chi connectivity index (χ4v) is 3.18. The number of aryl methyl sites for hydroxylation is 1. The van der Waals surface area contributed by atoms with Gasteiger partial charge in [-0.3, -0.25) is 4.79 Å². The van der Waals surface area contributed by atoms with E-state index in [0.29, 0.717) is 16.4 Å². The Kier molecular flexibility index (Phi) is 4.71. The summed E-state index contributed by atoms with van der Waals surface area (Å²) in [7, 11) is 0. The zero-order valence-corrected chi connectivity index (χ0v) is 13.9. The van der Waals surface area contributed by atoms with Crippen LogP contribution in [0.25, 0.3) is 10.4 Å². The van der Waals surface area contributed by atoms with E-state index in [1.807, 2.05) is 51.1 Å². The molecule has 5 heteroatoms. The van der Waals surface area contributed by atoms with Gasteiger partial charge in [-0.2, -0.15) is 0 Å². The highest BCUT2D eigenvalue weighted by atomic mass is 35.5. The largest absolute Gasteiger partial charge is 0.345 e. The lowest BCUT2D eigenvalue weighted by atomic mass is 10.1. The van der Waals surface area contributed by atoms with Crippen molar-refractivity contribution in [2.24, 2.45) is 5.73 Å². The van der Waals surface area contributed by atoms with Gasteiger partial charge in [-0.25, -0.2) is 0 Å². The molecule has 0 aliphatic rings. The van der Waals surface area contributed by atoms with E-state index >= 15 is 0 Å². The first-order chi connectivity index (χ1) is 9.82. The molecule has 0 saturated carbocycles. The molecular weight excluding hydrogens is 304 g/mol. The van der Waals surface area contributed by atoms with Crippen molar-refractivity contribution in [2.75, 3.05) is 6.54 Å². The molecule has 2 aromatic rings. The maximum Gasteiger partial charge on any atom is 0.261 e. The predicted molar refractivity (Wildman–Crippen MR) is 90.1 cm³/mol. The number of halogens is 1. The van der Waals surface area contributed by atoms with Crippen LogP contribution < -0.4 is 11.1 Å². The van der Waals surface area contributed by atoms with Crippen molar-refractivity contribution in [3.63, 3.8) is 0 Å². The molecule has 1 heterocycles. The molecule has 0 saturated heterocycles. The number of carbonyl (C=O) groups excluding carboxylic acids is 1. The first-order valence-corrected chi connectivity index (χ1v) is 7.91. The molecule has 2 rings (SSSR count). The Bertz CT molecular complexity index is 664. The van der Waals surface area contributed by atoms with Crippen molar-refractivity contribution >= 4 is 28.8 Å². The summed E-state index contributed by atoms with van der Waals surface area (Å²) in [5, 5.41) is 3.64. The minimum absolute atomic E-state index is 0.0909. The van der Waals surface area contributed by atoms with Gasteiger partial charge in [0.2, 0.25) is 0 Å². The molecule has 3 N–H and O–H groups in total. The Labute approximate surface area is 134 Å². The molecular formula is C16H19ClN2OS. The third-order valence-electron chi connectivity index (χ3n) is 3.19. The Morgan fingerprint density at radius 2 is 2.10 bits per heavy atom. The highest BCUT2D eigenvalue weighted by Crippen LogP contribution is 2.33. The van der Waals surface area contributed by atoms with Gasteiger partial charge in [-0.1, -0.05) is 23.7 Å². The fourth-order valence-electron chi connectivity index (χ4n) is 1.93. The minimum atomic E-state index is -0.412. The summed E-state index contributed by atoms with van der Waals surface area (Å²) in [5.41, 5.74) is 7.34. The number of hydrogen-bond acceptors (Lipinski definition) is 3. The Morgan fingerprint density at radius 1 is 1.38 bits per heavy atom. The second kappa shape index (κ2) is 6.18. The summed E-state index contributed by atoms with van der Waals surface area (Å²) in [6.45, 7) is 6.20. The van der Waals surface area contributed by atoms with Crippen LogP contribution in [0.4, 0.5) is 0 Å². The van der Waals surface area contributed by atoms with Crippen molar-refractivity contribution in [3.05, 3.63) is 45.8 Å². The number of benzene rings is 1. The van der Waals surface area contributed by atoms with Crippen LogP contribution in [0.3, 0.4) is 0 Å². The molecule has 0 radical (unpaired) electrons. The third-order valence-corrected chi connectivity index (χ3v) is 4.71. The lowest BCUT2D eigenvalue weighted by molar-refractivity contribution is 0.0920. The molecule has 3 nitrogen and oxygen atoms in total. The number of nitrogens with one attached hydrogen (secondary N) is 1. The summed E-state index contributed by atoms with van der Waals surface area (Å²) in [6, 6.07) is 9.56. The normalized spacial score (nSPS) is 11.5. The third kappa shape index (κ3) is 3.84. The quantitative estimate of drug-likeness (QED) is 0.898. The molecule has 0 spiro atoms. The van der Waals surface area contributed by atoms with E-state index in [1.54, 1.807) is 0 Å². The van der Waals surface area contributed by atoms with E-state index in [-0.39, 0.29) is 5.91 Å². The number of nitrogens with two attached hydrogens (primary N) is 1. The number of rotatable bonds is 4. The molecule has 0 aliphatic heterocycles. The van der Waals surface area contributed by atoms with E-state index in [4.69, 9.17) is 17.3 Å². The van der Waals surface area contributed by atoms with Gasteiger partial charge < -0.3 is 11.1 Å². The summed E-state index contributed by atoms with van der Waals surface area (Å²) in [4.78, 5) is 14.0. The van der Waals surface area contributed by atoms with Gasteiger partial charge in [0, 0.05) is 22.0 Å². The molecule has 1 amide bonds. The van der Waals surface area contributed by atoms with Gasteiger partial charge in [0.05, 0.1) is 4.88 Å². The van der Waals surface area contributed by atoms with Crippen molar-refractivity contribution in [2.45, 2.75) is 26.3 Å². The molecule has 1 aromatic carbocycles. The zero-order chi connectivity index (χ0) is 15.6. The standard InChI is InChI=1S/C16H19ClN2OS/c1-10-7-13(15(20)19-16(2,3)9-18)21-14(10)11-5-4-6-12(17)8-11/h4-8H,9,18H2,1-3H3,(H,19,20). The van der Waals surface area contributed by atoms with Crippen LogP contribution in [-0.4, -0.2) is 18.0 Å². The molecule has 0 fully saturated rings. The molecule has 0 unspecified atom stereocenters. The second-order valence-electron chi connectivity index (χ2n) is 5.68. The molecule has 0 atom stereocenters. The van der Waals surface area contributed by atoms with E-state index < -0.39 is 5.54 Å². The van der Waals surface area contributed by atoms with E-state index in [2.05, 4.69) is 5.32 Å². The van der Waals surface area contributed by atoms with Crippen molar-refractivity contribution in [1.29, 1.82) is 0 Å². The second-order valence-corrected chi connectivity index (χ2v) is 7.16. The van der Waals surface area contributed by atoms with E-state index in [0.717, 1.165) is 16.0 Å². The summed E-state index contributed by atoms with van der Waals surface area (Å²) < 4.78 is 0. The predicted octanol–water partition coefficient (Wildman–Crippen LogP) is 3.84. The lowest BCUT2D eigenvalue weighted by Crippen LogP contribution is -2.48. The number of amides is 1. The van der Waals surface area contributed by atoms with E-state index in [1.165, 1.54) is 11.3 Å². The lowest BCUT2D eigenvalue weighted by Gasteiger charge is -2.23. The number of hydrogen-bond donors (Lipinski definition) is 2. The summed E-state index contributed by atoms with van der Waals surface area (Å²) in [5.74, 6) is -0.0909. The van der Waals surface area contributed by atoms with Gasteiger partial charge in [0.15, 0.2) is 0 Å². The topological polar surface area (TPSA) is 55.1 Å². The van der Waals surface area contributed by atoms with Crippen molar-refractivity contribution < 1.29 is 4.79 Å². The first-order valence-electron chi connectivity index (χ1n) is 6.71. The van der Waals surface area contributed by atoms with Crippen LogP contribution in [0.1, 0.15) is 29.1 Å². The molecule has 112 valence electrons. The maximum atomic E-state index is 12.3. The van der Waals surface area contributed by atoms with Crippen LogP contribution in [0.2, 0.25) is 5.02 Å². The van der Waals surface area contributed by atoms with Crippen LogP contribution in [0.15, 0.2) is 30.3 Å². The maximum absolute atomic E-state index is 12.3. The molecule has 1 aromatic heterocycles. The number of thiophene rings is 1. The Morgan fingerprint density at radius 3 is 2.71 bits per heavy atom. The molecule has 0 aliphatic carbocycles. The van der Waals surface area contributed by atoms with Crippen LogP contribution in [-0.2, 0) is 0 Å². The smallest absolute Gasteiger partial charge is 0.261 e. The van der Waals surface area contributed by atoms with Crippen LogP contribution >= 0.6 is 22.9 Å². The first kappa shape index (κ1) is 16.0. The summed E-state index contributed by atoms with van der Waals surface area (Å²) in [6.07, 6.45) is 0. The minimum Gasteiger partial charge on any atom is -0.345 e. The van der Waals surface area contributed by atoms with Crippen molar-refractivity contribution in [3.8, 4) is 10.4 Å². The number of carbonyl (C=O) groups is 1. The summed E-state index contributed by atoms with van der Waals surface area (Å²) >= 11 is 7.50. The fraction of sp³-hybridized carbons (Fsp3) is 0.312. The SMILES string of the molecule is Cc1cc(C(=O)NC(C)(C)CN)sc1-c1cccc(Cl)c1. The average Bonchev–Trinajstić information content (AvgIpc) is 2.80. The average molecular weight is 323 g/mol. The van der Waals surface area contributed by atoms with Gasteiger partial charge >= 0.3 is 0 Å². The monoisotopic (exact) mass is 322 g/mol. The van der Waals surface area contributed by atoms with Crippen molar-refractivity contribution in [1.82, 2.24) is 5.32 Å². The van der Waals surface area contributed by atoms with Gasteiger partial charge in [-0.05, 0) is 50.1 Å². The molecule has 0 bridgehead atoms. The van der Waals surface area contributed by atoms with E-state index in [9.17, 15) is 4.79 Å². The van der Waals surface area contributed by atoms with Crippen LogP contribution in [0.5, 0.6) is 0 Å². The van der Waals surface area contributed by atoms with Gasteiger partial charge in [0.25, 0.3) is 5.91 Å². The highest BCUT2D eigenvalue weighted by molar-refractivity contribution is 7.17. The Balaban J connectivity index is 2.29. The molecule has 21 heavy (non-hydrogen) atoms. The Hall–Kier alpha value is -1.36. The van der Waals surface area contributed by atoms with Gasteiger partial charge in [0.1, 0.15) is 0 Å².